The summed E-state index contributed by atoms with van der Waals surface area (Å²) in [7, 11) is 0. The van der Waals surface area contributed by atoms with Gasteiger partial charge in [0.25, 0.3) is 0 Å². The van der Waals surface area contributed by atoms with E-state index in [9.17, 15) is 14.7 Å². The molecule has 1 aliphatic carbocycles. The molecule has 1 heterocycles. The number of rotatable bonds is 7. The third kappa shape index (κ3) is 4.59. The van der Waals surface area contributed by atoms with Gasteiger partial charge in [0, 0.05) is 18.4 Å². The van der Waals surface area contributed by atoms with Crippen molar-refractivity contribution in [1.82, 2.24) is 0 Å². The van der Waals surface area contributed by atoms with Gasteiger partial charge in [-0.05, 0) is 36.1 Å². The van der Waals surface area contributed by atoms with Crippen molar-refractivity contribution in [2.24, 2.45) is 11.8 Å². The molecule has 0 amide bonds. The van der Waals surface area contributed by atoms with Gasteiger partial charge in [0.15, 0.2) is 17.3 Å². The minimum absolute atomic E-state index is 0.0151. The Morgan fingerprint density at radius 2 is 1.80 bits per heavy atom. The van der Waals surface area contributed by atoms with Crippen LogP contribution in [0.4, 0.5) is 0 Å². The lowest BCUT2D eigenvalue weighted by molar-refractivity contribution is 0.0854. The van der Waals surface area contributed by atoms with Gasteiger partial charge in [-0.1, -0.05) is 44.2 Å². The molecule has 132 valence electrons. The highest BCUT2D eigenvalue weighted by Gasteiger charge is 2.29. The second-order valence-electron chi connectivity index (χ2n) is 6.94. The number of furan rings is 1. The largest absolute Gasteiger partial charge is 0.508 e. The highest BCUT2D eigenvalue weighted by molar-refractivity contribution is 5.98. The molecule has 0 aliphatic heterocycles. The molecule has 1 aliphatic rings. The van der Waals surface area contributed by atoms with Crippen LogP contribution in [0.1, 0.15) is 65.9 Å². The summed E-state index contributed by atoms with van der Waals surface area (Å²) in [6.07, 6.45) is 7.87. The average molecular weight is 340 g/mol. The van der Waals surface area contributed by atoms with Crippen molar-refractivity contribution in [2.45, 2.75) is 44.9 Å². The molecule has 2 aromatic rings. The Bertz CT molecular complexity index is 711. The highest BCUT2D eigenvalue weighted by Crippen LogP contribution is 2.35. The first-order valence-electron chi connectivity index (χ1n) is 9.02. The number of hydrogen-bond acceptors (Lipinski definition) is 4. The Morgan fingerprint density at radius 3 is 2.48 bits per heavy atom. The molecule has 0 spiro atoms. The highest BCUT2D eigenvalue weighted by atomic mass is 16.3. The van der Waals surface area contributed by atoms with Gasteiger partial charge in [-0.15, -0.1) is 0 Å². The zero-order valence-corrected chi connectivity index (χ0v) is 14.3. The van der Waals surface area contributed by atoms with Crippen LogP contribution in [0.2, 0.25) is 0 Å². The number of benzene rings is 1. The van der Waals surface area contributed by atoms with Crippen molar-refractivity contribution in [3.8, 4) is 5.75 Å². The van der Waals surface area contributed by atoms with Crippen LogP contribution in [0.15, 0.2) is 47.1 Å². The van der Waals surface area contributed by atoms with Crippen LogP contribution in [0.3, 0.4) is 0 Å². The fourth-order valence-corrected chi connectivity index (χ4v) is 3.82. The topological polar surface area (TPSA) is 67.5 Å². The van der Waals surface area contributed by atoms with Crippen molar-refractivity contribution >= 4 is 11.6 Å². The SMILES string of the molecule is O=C(CC(CC(=O)c1ccco1)C1CCCCC1)c1cccc(O)c1. The summed E-state index contributed by atoms with van der Waals surface area (Å²) >= 11 is 0. The number of carbonyl (C=O) groups is 2. The Kier molecular flexibility index (Phi) is 5.69. The summed E-state index contributed by atoms with van der Waals surface area (Å²) in [5, 5.41) is 9.60. The number of aromatic hydroxyl groups is 1. The van der Waals surface area contributed by atoms with E-state index in [-0.39, 0.29) is 23.2 Å². The van der Waals surface area contributed by atoms with Gasteiger partial charge in [0.05, 0.1) is 6.26 Å². The molecule has 1 aromatic heterocycles. The maximum Gasteiger partial charge on any atom is 0.198 e. The normalized spacial score (nSPS) is 16.5. The molecule has 25 heavy (non-hydrogen) atoms. The molecule has 1 unspecified atom stereocenters. The molecule has 1 fully saturated rings. The first-order chi connectivity index (χ1) is 12.1. The predicted octanol–water partition coefficient (Wildman–Crippen LogP) is 5.03. The summed E-state index contributed by atoms with van der Waals surface area (Å²) in [5.41, 5.74) is 0.506. The summed E-state index contributed by atoms with van der Waals surface area (Å²) in [6.45, 7) is 0. The van der Waals surface area contributed by atoms with Crippen LogP contribution in [0.25, 0.3) is 0 Å². The van der Waals surface area contributed by atoms with E-state index in [1.54, 1.807) is 30.3 Å². The number of phenolic OH excluding ortho intramolecular Hbond substituents is 1. The zero-order chi connectivity index (χ0) is 17.6. The summed E-state index contributed by atoms with van der Waals surface area (Å²) in [4.78, 5) is 25.2. The van der Waals surface area contributed by atoms with Gasteiger partial charge in [0.1, 0.15) is 5.75 Å². The summed E-state index contributed by atoms with van der Waals surface area (Å²) in [6, 6.07) is 9.82. The lowest BCUT2D eigenvalue weighted by Gasteiger charge is -2.29. The average Bonchev–Trinajstić information content (AvgIpc) is 3.16. The molecule has 1 atom stereocenters. The molecule has 0 bridgehead atoms. The van der Waals surface area contributed by atoms with E-state index in [4.69, 9.17) is 4.42 Å². The third-order valence-electron chi connectivity index (χ3n) is 5.18. The third-order valence-corrected chi connectivity index (χ3v) is 5.18. The van der Waals surface area contributed by atoms with E-state index in [0.717, 1.165) is 25.7 Å². The van der Waals surface area contributed by atoms with Crippen LogP contribution in [-0.4, -0.2) is 16.7 Å². The van der Waals surface area contributed by atoms with Gasteiger partial charge in [-0.25, -0.2) is 0 Å². The van der Waals surface area contributed by atoms with Crippen molar-refractivity contribution < 1.29 is 19.1 Å². The van der Waals surface area contributed by atoms with Gasteiger partial charge in [-0.3, -0.25) is 9.59 Å². The number of phenols is 1. The fourth-order valence-electron chi connectivity index (χ4n) is 3.82. The van der Waals surface area contributed by atoms with E-state index in [2.05, 4.69) is 0 Å². The Balaban J connectivity index is 1.73. The van der Waals surface area contributed by atoms with Crippen LogP contribution in [0.5, 0.6) is 5.75 Å². The molecule has 4 nitrogen and oxygen atoms in total. The molecular formula is C21H24O4. The van der Waals surface area contributed by atoms with Crippen molar-refractivity contribution in [3.63, 3.8) is 0 Å². The molecule has 1 N–H and O–H groups in total. The minimum Gasteiger partial charge on any atom is -0.508 e. The van der Waals surface area contributed by atoms with E-state index in [1.165, 1.54) is 18.8 Å². The molecule has 1 saturated carbocycles. The van der Waals surface area contributed by atoms with E-state index < -0.39 is 0 Å². The first kappa shape index (κ1) is 17.5. The second kappa shape index (κ2) is 8.15. The summed E-state index contributed by atoms with van der Waals surface area (Å²) in [5.74, 6) is 0.821. The Hall–Kier alpha value is -2.36. The van der Waals surface area contributed by atoms with Gasteiger partial charge in [0.2, 0.25) is 0 Å². The van der Waals surface area contributed by atoms with Crippen LogP contribution < -0.4 is 0 Å². The van der Waals surface area contributed by atoms with E-state index >= 15 is 0 Å². The molecule has 3 rings (SSSR count). The van der Waals surface area contributed by atoms with Gasteiger partial charge >= 0.3 is 0 Å². The number of Topliss-reactive ketones (excluding diaryl/α,β-unsaturated/α-hetero) is 2. The molecule has 0 saturated heterocycles. The van der Waals surface area contributed by atoms with Gasteiger partial charge in [-0.2, -0.15) is 0 Å². The lowest BCUT2D eigenvalue weighted by atomic mass is 9.75. The smallest absolute Gasteiger partial charge is 0.198 e. The predicted molar refractivity (Wildman–Crippen MR) is 94.8 cm³/mol. The lowest BCUT2D eigenvalue weighted by Crippen LogP contribution is -2.24. The summed E-state index contributed by atoms with van der Waals surface area (Å²) < 4.78 is 5.22. The first-order valence-corrected chi connectivity index (χ1v) is 9.02. The number of hydrogen-bond donors (Lipinski definition) is 1. The van der Waals surface area contributed by atoms with Crippen LogP contribution >= 0.6 is 0 Å². The molecule has 0 radical (unpaired) electrons. The molecule has 4 heteroatoms. The van der Waals surface area contributed by atoms with Crippen LogP contribution in [0, 0.1) is 11.8 Å². The van der Waals surface area contributed by atoms with E-state index in [0.29, 0.717) is 30.1 Å². The zero-order valence-electron chi connectivity index (χ0n) is 14.3. The quantitative estimate of drug-likeness (QED) is 0.718. The van der Waals surface area contributed by atoms with Crippen molar-refractivity contribution in [3.05, 3.63) is 54.0 Å². The maximum atomic E-state index is 12.7. The van der Waals surface area contributed by atoms with Crippen LogP contribution in [-0.2, 0) is 0 Å². The Morgan fingerprint density at radius 1 is 1.04 bits per heavy atom. The van der Waals surface area contributed by atoms with Crippen molar-refractivity contribution in [1.29, 1.82) is 0 Å². The Labute approximate surface area is 147 Å². The van der Waals surface area contributed by atoms with Gasteiger partial charge < -0.3 is 9.52 Å². The molecular weight excluding hydrogens is 316 g/mol. The minimum atomic E-state index is -0.0377. The van der Waals surface area contributed by atoms with E-state index in [1.807, 2.05) is 0 Å². The number of carbonyl (C=O) groups excluding carboxylic acids is 2. The maximum absolute atomic E-state index is 12.7. The standard InChI is InChI=1S/C21H24O4/c22-18-9-4-8-16(12-18)19(23)13-17(15-6-2-1-3-7-15)14-20(24)21-10-5-11-25-21/h4-5,8-12,15,17,22H,1-3,6-7,13-14H2. The fraction of sp³-hybridized carbons (Fsp3) is 0.429. The monoisotopic (exact) mass is 340 g/mol. The molecule has 1 aromatic carbocycles. The van der Waals surface area contributed by atoms with Crippen molar-refractivity contribution in [2.75, 3.05) is 0 Å². The number of ketones is 2. The second-order valence-corrected chi connectivity index (χ2v) is 6.94.